The van der Waals surface area contributed by atoms with Crippen molar-refractivity contribution < 1.29 is 0 Å². The Kier molecular flexibility index (Phi) is 3.60. The largest absolute Gasteiger partial charge is 0.103 e. The molecule has 0 atom stereocenters. The van der Waals surface area contributed by atoms with Crippen molar-refractivity contribution in [2.75, 3.05) is 0 Å². The molecule has 0 aromatic rings. The van der Waals surface area contributed by atoms with E-state index in [-0.39, 0.29) is 0 Å². The third-order valence-electron chi connectivity index (χ3n) is 1.55. The molecule has 9 heavy (non-hydrogen) atoms. The predicted molar refractivity (Wildman–Crippen MR) is 43.2 cm³/mol. The summed E-state index contributed by atoms with van der Waals surface area (Å²) in [5.41, 5.74) is 0.420. The van der Waals surface area contributed by atoms with Crippen LogP contribution >= 0.6 is 0 Å². The van der Waals surface area contributed by atoms with Crippen molar-refractivity contribution in [2.45, 2.75) is 33.1 Å². The van der Waals surface area contributed by atoms with Crippen LogP contribution in [0, 0.1) is 12.3 Å². The highest BCUT2D eigenvalue weighted by atomic mass is 14.2. The second kappa shape index (κ2) is 3.71. The van der Waals surface area contributed by atoms with Crippen LogP contribution in [-0.4, -0.2) is 0 Å². The minimum atomic E-state index is 0.420. The standard InChI is InChI=1S/C9H17/c1-5-7-9(3,4)8-6-2/h5H,1-2,6-8H2,3-4H3. The quantitative estimate of drug-likeness (QED) is 0.506. The van der Waals surface area contributed by atoms with Crippen LogP contribution in [0.4, 0.5) is 0 Å². The molecule has 0 rings (SSSR count). The van der Waals surface area contributed by atoms with Gasteiger partial charge in [0.15, 0.2) is 0 Å². The molecule has 0 fully saturated rings. The van der Waals surface area contributed by atoms with Gasteiger partial charge >= 0.3 is 0 Å². The monoisotopic (exact) mass is 125 g/mol. The molecule has 0 nitrogen and oxygen atoms in total. The van der Waals surface area contributed by atoms with Crippen LogP contribution in [-0.2, 0) is 0 Å². The number of rotatable bonds is 4. The fraction of sp³-hybridized carbons (Fsp3) is 0.667. The van der Waals surface area contributed by atoms with E-state index < -0.39 is 0 Å². The number of allylic oxidation sites excluding steroid dienone is 1. The summed E-state index contributed by atoms with van der Waals surface area (Å²) in [6.45, 7) is 12.0. The Morgan fingerprint density at radius 1 is 1.44 bits per heavy atom. The van der Waals surface area contributed by atoms with Crippen LogP contribution in [0.1, 0.15) is 33.1 Å². The first-order chi connectivity index (χ1) is 4.12. The van der Waals surface area contributed by atoms with Crippen LogP contribution in [0.2, 0.25) is 0 Å². The van der Waals surface area contributed by atoms with Crippen molar-refractivity contribution in [2.24, 2.45) is 5.41 Å². The molecule has 1 radical (unpaired) electrons. The van der Waals surface area contributed by atoms with Crippen molar-refractivity contribution in [1.29, 1.82) is 0 Å². The van der Waals surface area contributed by atoms with E-state index in [9.17, 15) is 0 Å². The van der Waals surface area contributed by atoms with E-state index >= 15 is 0 Å². The van der Waals surface area contributed by atoms with Crippen molar-refractivity contribution in [3.63, 3.8) is 0 Å². The first kappa shape index (κ1) is 8.74. The third kappa shape index (κ3) is 4.26. The van der Waals surface area contributed by atoms with Crippen LogP contribution in [0.3, 0.4) is 0 Å². The van der Waals surface area contributed by atoms with E-state index in [2.05, 4.69) is 27.4 Å². The maximum absolute atomic E-state index is 3.82. The molecular formula is C9H17. The molecule has 0 spiro atoms. The summed E-state index contributed by atoms with van der Waals surface area (Å²) in [5, 5.41) is 0. The normalized spacial score (nSPS) is 11.4. The van der Waals surface area contributed by atoms with Crippen LogP contribution in [0.25, 0.3) is 0 Å². The lowest BCUT2D eigenvalue weighted by Gasteiger charge is -2.21. The number of hydrogen-bond donors (Lipinski definition) is 0. The Bertz CT molecular complexity index is 80.0. The molecule has 0 amide bonds. The van der Waals surface area contributed by atoms with Gasteiger partial charge < -0.3 is 0 Å². The first-order valence-electron chi connectivity index (χ1n) is 3.52. The van der Waals surface area contributed by atoms with Gasteiger partial charge in [-0.3, -0.25) is 0 Å². The molecule has 0 heterocycles. The minimum Gasteiger partial charge on any atom is -0.103 e. The smallest absolute Gasteiger partial charge is 0.0302 e. The van der Waals surface area contributed by atoms with E-state index in [1.54, 1.807) is 0 Å². The minimum absolute atomic E-state index is 0.420. The topological polar surface area (TPSA) is 0 Å². The lowest BCUT2D eigenvalue weighted by atomic mass is 9.85. The van der Waals surface area contributed by atoms with Crippen molar-refractivity contribution in [3.8, 4) is 0 Å². The van der Waals surface area contributed by atoms with Crippen molar-refractivity contribution in [1.82, 2.24) is 0 Å². The predicted octanol–water partition coefficient (Wildman–Crippen LogP) is 3.20. The summed E-state index contributed by atoms with van der Waals surface area (Å²) in [4.78, 5) is 0. The highest BCUT2D eigenvalue weighted by Crippen LogP contribution is 2.26. The van der Waals surface area contributed by atoms with E-state index in [0.29, 0.717) is 5.41 Å². The second-order valence-electron chi connectivity index (χ2n) is 3.26. The molecule has 0 saturated carbocycles. The van der Waals surface area contributed by atoms with Gasteiger partial charge in [-0.25, -0.2) is 0 Å². The van der Waals surface area contributed by atoms with Gasteiger partial charge in [-0.15, -0.1) is 6.58 Å². The maximum Gasteiger partial charge on any atom is -0.0302 e. The molecule has 0 heteroatoms. The van der Waals surface area contributed by atoms with Gasteiger partial charge in [0.2, 0.25) is 0 Å². The zero-order chi connectivity index (χ0) is 7.33. The average Bonchev–Trinajstić information content (AvgIpc) is 1.64. The summed E-state index contributed by atoms with van der Waals surface area (Å²) >= 11 is 0. The first-order valence-corrected chi connectivity index (χ1v) is 3.52. The van der Waals surface area contributed by atoms with E-state index in [1.165, 1.54) is 6.42 Å². The van der Waals surface area contributed by atoms with Gasteiger partial charge in [-0.1, -0.05) is 33.3 Å². The third-order valence-corrected chi connectivity index (χ3v) is 1.55. The molecule has 0 bridgehead atoms. The summed E-state index contributed by atoms with van der Waals surface area (Å²) in [7, 11) is 0. The average molecular weight is 125 g/mol. The van der Waals surface area contributed by atoms with Crippen molar-refractivity contribution >= 4 is 0 Å². The van der Waals surface area contributed by atoms with E-state index in [1.807, 2.05) is 6.08 Å². The fourth-order valence-corrected chi connectivity index (χ4v) is 0.971. The Morgan fingerprint density at radius 3 is 2.33 bits per heavy atom. The van der Waals surface area contributed by atoms with Gasteiger partial charge in [0.05, 0.1) is 0 Å². The van der Waals surface area contributed by atoms with Gasteiger partial charge in [0.1, 0.15) is 0 Å². The SMILES string of the molecule is [CH2]CCC(C)(C)CC=C. The Hall–Kier alpha value is -0.260. The van der Waals surface area contributed by atoms with Gasteiger partial charge in [0.25, 0.3) is 0 Å². The molecule has 0 aromatic heterocycles. The van der Waals surface area contributed by atoms with Gasteiger partial charge in [-0.2, -0.15) is 0 Å². The van der Waals surface area contributed by atoms with E-state index in [0.717, 1.165) is 12.8 Å². The molecule has 53 valence electrons. The Labute approximate surface area is 59.0 Å². The molecule has 0 N–H and O–H groups in total. The maximum atomic E-state index is 3.82. The zero-order valence-corrected chi connectivity index (χ0v) is 6.61. The van der Waals surface area contributed by atoms with Crippen LogP contribution in [0.5, 0.6) is 0 Å². The molecule has 0 aromatic carbocycles. The van der Waals surface area contributed by atoms with Crippen molar-refractivity contribution in [3.05, 3.63) is 19.6 Å². The summed E-state index contributed by atoms with van der Waals surface area (Å²) in [5.74, 6) is 0. The fourth-order valence-electron chi connectivity index (χ4n) is 0.971. The number of hydrogen-bond acceptors (Lipinski definition) is 0. The zero-order valence-electron chi connectivity index (χ0n) is 6.61. The van der Waals surface area contributed by atoms with Crippen LogP contribution in [0.15, 0.2) is 12.7 Å². The molecule has 0 aliphatic rings. The molecular weight excluding hydrogens is 108 g/mol. The lowest BCUT2D eigenvalue weighted by Crippen LogP contribution is -2.08. The Balaban J connectivity index is 3.55. The lowest BCUT2D eigenvalue weighted by molar-refractivity contribution is 0.342. The second-order valence-corrected chi connectivity index (χ2v) is 3.26. The highest BCUT2D eigenvalue weighted by Gasteiger charge is 2.13. The summed E-state index contributed by atoms with van der Waals surface area (Å²) in [6, 6.07) is 0. The Morgan fingerprint density at radius 2 is 2.00 bits per heavy atom. The van der Waals surface area contributed by atoms with E-state index in [4.69, 9.17) is 0 Å². The molecule has 0 aliphatic heterocycles. The highest BCUT2D eigenvalue weighted by molar-refractivity contribution is 4.79. The summed E-state index contributed by atoms with van der Waals surface area (Å²) < 4.78 is 0. The van der Waals surface area contributed by atoms with Gasteiger partial charge in [-0.05, 0) is 18.3 Å². The van der Waals surface area contributed by atoms with Gasteiger partial charge in [0, 0.05) is 0 Å². The van der Waals surface area contributed by atoms with Crippen LogP contribution < -0.4 is 0 Å². The molecule has 0 aliphatic carbocycles. The molecule has 0 unspecified atom stereocenters. The summed E-state index contributed by atoms with van der Waals surface area (Å²) in [6.07, 6.45) is 5.30. The molecule has 0 saturated heterocycles.